The molecule has 0 unspecified atom stereocenters. The largest absolute Gasteiger partial charge is 0.477 e. The van der Waals surface area contributed by atoms with E-state index in [1.165, 1.54) is 6.07 Å². The molecule has 1 aliphatic rings. The van der Waals surface area contributed by atoms with Crippen molar-refractivity contribution >= 4 is 23.4 Å². The summed E-state index contributed by atoms with van der Waals surface area (Å²) in [6, 6.07) is 2.89. The summed E-state index contributed by atoms with van der Waals surface area (Å²) in [4.78, 5) is 37.7. The number of Topliss-reactive ketones (excluding diaryl/α,β-unsaturated/α-hetero) is 1. The number of rotatable bonds is 4. The highest BCUT2D eigenvalue weighted by atomic mass is 19.1. The van der Waals surface area contributed by atoms with E-state index >= 15 is 0 Å². The van der Waals surface area contributed by atoms with Gasteiger partial charge in [-0.25, -0.2) is 13.6 Å². The van der Waals surface area contributed by atoms with Crippen LogP contribution in [0.5, 0.6) is 0 Å². The molecule has 1 aromatic rings. The predicted molar refractivity (Wildman–Crippen MR) is 71.0 cm³/mol. The molecule has 1 aromatic carbocycles. The molecule has 1 amide bonds. The Balaban J connectivity index is 2.06. The molecule has 0 saturated carbocycles. The average Bonchev–Trinajstić information content (AvgIpc) is 2.45. The lowest BCUT2D eigenvalue weighted by atomic mass is 10.0. The van der Waals surface area contributed by atoms with Gasteiger partial charge in [0.25, 0.3) is 5.91 Å². The van der Waals surface area contributed by atoms with Crippen molar-refractivity contribution in [1.29, 1.82) is 0 Å². The van der Waals surface area contributed by atoms with E-state index in [9.17, 15) is 23.2 Å². The molecule has 0 fully saturated rings. The lowest BCUT2D eigenvalue weighted by Gasteiger charge is -2.11. The summed E-state index contributed by atoms with van der Waals surface area (Å²) in [5, 5.41) is 11.0. The highest BCUT2D eigenvalue weighted by Crippen LogP contribution is 2.12. The second kappa shape index (κ2) is 6.25. The third-order valence-electron chi connectivity index (χ3n) is 2.92. The number of hydrogen-bond acceptors (Lipinski definition) is 4. The van der Waals surface area contributed by atoms with Gasteiger partial charge in [0.05, 0.1) is 6.42 Å². The molecule has 0 aliphatic carbocycles. The summed E-state index contributed by atoms with van der Waals surface area (Å²) >= 11 is 0. The van der Waals surface area contributed by atoms with Crippen molar-refractivity contribution in [3.05, 3.63) is 47.2 Å². The molecule has 2 N–H and O–H groups in total. The minimum absolute atomic E-state index is 0.0494. The number of nitrogens with zero attached hydrogens (tertiary/aromatic N) is 1. The van der Waals surface area contributed by atoms with Crippen molar-refractivity contribution in [1.82, 2.24) is 5.32 Å². The molecule has 0 spiro atoms. The van der Waals surface area contributed by atoms with Crippen molar-refractivity contribution < 1.29 is 28.3 Å². The molecule has 22 heavy (non-hydrogen) atoms. The fraction of sp³-hybridized carbons (Fsp3) is 0.143. The summed E-state index contributed by atoms with van der Waals surface area (Å²) in [6.45, 7) is -0.245. The number of halogens is 2. The van der Waals surface area contributed by atoms with Crippen LogP contribution in [0.1, 0.15) is 12.0 Å². The molecule has 8 heteroatoms. The van der Waals surface area contributed by atoms with Crippen LogP contribution in [0.2, 0.25) is 0 Å². The van der Waals surface area contributed by atoms with Crippen LogP contribution in [0.25, 0.3) is 0 Å². The zero-order chi connectivity index (χ0) is 16.3. The van der Waals surface area contributed by atoms with E-state index in [-0.39, 0.29) is 23.4 Å². The van der Waals surface area contributed by atoms with Crippen LogP contribution in [0.3, 0.4) is 0 Å². The first kappa shape index (κ1) is 15.5. The second-order valence-corrected chi connectivity index (χ2v) is 4.44. The van der Waals surface area contributed by atoms with Gasteiger partial charge in [0.1, 0.15) is 22.9 Å². The van der Waals surface area contributed by atoms with E-state index in [0.29, 0.717) is 6.07 Å². The smallest absolute Gasteiger partial charge is 0.350 e. The van der Waals surface area contributed by atoms with Crippen LogP contribution in [0, 0.1) is 11.6 Å². The van der Waals surface area contributed by atoms with Gasteiger partial charge in [-0.05, 0) is 6.07 Å². The number of benzene rings is 1. The topological polar surface area (TPSA) is 95.8 Å². The Morgan fingerprint density at radius 1 is 1.32 bits per heavy atom. The lowest BCUT2D eigenvalue weighted by molar-refractivity contribution is -0.130. The molecule has 1 heterocycles. The SMILES string of the molecule is O=C(O)C1=NC=C(C(=O)NCc2ccc(F)cc2F)C(=O)C1. The molecule has 0 aromatic heterocycles. The number of carbonyl (C=O) groups is 3. The molecule has 0 saturated heterocycles. The van der Waals surface area contributed by atoms with Crippen LogP contribution < -0.4 is 5.32 Å². The van der Waals surface area contributed by atoms with Gasteiger partial charge >= 0.3 is 5.97 Å². The van der Waals surface area contributed by atoms with Gasteiger partial charge in [-0.2, -0.15) is 0 Å². The number of carboxylic acids is 1. The van der Waals surface area contributed by atoms with E-state index in [1.54, 1.807) is 0 Å². The minimum Gasteiger partial charge on any atom is -0.477 e. The maximum Gasteiger partial charge on any atom is 0.350 e. The fourth-order valence-corrected chi connectivity index (χ4v) is 1.76. The summed E-state index contributed by atoms with van der Waals surface area (Å²) in [5.41, 5.74) is -0.619. The number of ketones is 1. The molecule has 0 atom stereocenters. The van der Waals surface area contributed by atoms with Crippen molar-refractivity contribution in [3.63, 3.8) is 0 Å². The molecule has 1 aliphatic heterocycles. The number of carboxylic acid groups (broad SMARTS) is 1. The summed E-state index contributed by atoms with van der Waals surface area (Å²) in [5.74, 6) is -4.40. The van der Waals surface area contributed by atoms with Gasteiger partial charge in [0, 0.05) is 24.4 Å². The van der Waals surface area contributed by atoms with Gasteiger partial charge in [0.2, 0.25) is 0 Å². The number of aliphatic carboxylic acids is 1. The van der Waals surface area contributed by atoms with Crippen molar-refractivity contribution in [2.75, 3.05) is 0 Å². The minimum atomic E-state index is -1.34. The van der Waals surface area contributed by atoms with E-state index < -0.39 is 35.7 Å². The van der Waals surface area contributed by atoms with Gasteiger partial charge in [-0.3, -0.25) is 14.6 Å². The Morgan fingerprint density at radius 3 is 2.64 bits per heavy atom. The summed E-state index contributed by atoms with van der Waals surface area (Å²) in [7, 11) is 0. The molecule has 0 radical (unpaired) electrons. The van der Waals surface area contributed by atoms with E-state index in [1.807, 2.05) is 0 Å². The van der Waals surface area contributed by atoms with Crippen LogP contribution >= 0.6 is 0 Å². The Labute approximate surface area is 123 Å². The maximum absolute atomic E-state index is 13.4. The molecular formula is C14H10F2N2O4. The van der Waals surface area contributed by atoms with Crippen LogP contribution in [0.15, 0.2) is 35.0 Å². The monoisotopic (exact) mass is 308 g/mol. The standard InChI is InChI=1S/C14H10F2N2O4/c15-8-2-1-7(10(16)3-8)5-18-13(20)9-6-17-11(14(21)22)4-12(9)19/h1-3,6H,4-5H2,(H,18,20)(H,21,22). The first-order chi connectivity index (χ1) is 10.4. The van der Waals surface area contributed by atoms with E-state index in [0.717, 1.165) is 12.3 Å². The first-order valence-electron chi connectivity index (χ1n) is 6.14. The second-order valence-electron chi connectivity index (χ2n) is 4.44. The van der Waals surface area contributed by atoms with E-state index in [2.05, 4.69) is 10.3 Å². The van der Waals surface area contributed by atoms with Crippen LogP contribution in [-0.4, -0.2) is 28.5 Å². The van der Waals surface area contributed by atoms with E-state index in [4.69, 9.17) is 5.11 Å². The Kier molecular flexibility index (Phi) is 4.40. The number of amides is 1. The zero-order valence-corrected chi connectivity index (χ0v) is 11.1. The highest BCUT2D eigenvalue weighted by molar-refractivity contribution is 6.42. The third-order valence-corrected chi connectivity index (χ3v) is 2.92. The van der Waals surface area contributed by atoms with Crippen LogP contribution in [0.4, 0.5) is 8.78 Å². The summed E-state index contributed by atoms with van der Waals surface area (Å²) < 4.78 is 26.1. The van der Waals surface area contributed by atoms with Gasteiger partial charge < -0.3 is 10.4 Å². The fourth-order valence-electron chi connectivity index (χ4n) is 1.76. The number of aliphatic imine (C=N–C) groups is 1. The van der Waals surface area contributed by atoms with Gasteiger partial charge in [-0.15, -0.1) is 0 Å². The van der Waals surface area contributed by atoms with Gasteiger partial charge in [-0.1, -0.05) is 6.07 Å². The maximum atomic E-state index is 13.4. The third kappa shape index (κ3) is 3.40. The normalized spacial score (nSPS) is 14.2. The average molecular weight is 308 g/mol. The predicted octanol–water partition coefficient (Wildman–Crippen LogP) is 0.963. The van der Waals surface area contributed by atoms with Crippen molar-refractivity contribution in [3.8, 4) is 0 Å². The number of nitrogens with one attached hydrogen (secondary N) is 1. The zero-order valence-electron chi connectivity index (χ0n) is 11.1. The van der Waals surface area contributed by atoms with Crippen molar-refractivity contribution in [2.45, 2.75) is 13.0 Å². The van der Waals surface area contributed by atoms with Crippen LogP contribution in [-0.2, 0) is 20.9 Å². The number of hydrogen-bond donors (Lipinski definition) is 2. The molecule has 114 valence electrons. The molecule has 0 bridgehead atoms. The van der Waals surface area contributed by atoms with Gasteiger partial charge in [0.15, 0.2) is 5.78 Å². The molecular weight excluding hydrogens is 298 g/mol. The Morgan fingerprint density at radius 2 is 2.05 bits per heavy atom. The molecule has 6 nitrogen and oxygen atoms in total. The van der Waals surface area contributed by atoms with Crippen molar-refractivity contribution in [2.24, 2.45) is 4.99 Å². The molecule has 2 rings (SSSR count). The quantitative estimate of drug-likeness (QED) is 0.810. The Hall–Kier alpha value is -2.90. The summed E-state index contributed by atoms with van der Waals surface area (Å²) in [6.07, 6.45) is 0.380. The lowest BCUT2D eigenvalue weighted by Crippen LogP contribution is -2.31. The first-order valence-corrected chi connectivity index (χ1v) is 6.14. The Bertz CT molecular complexity index is 726. The number of carbonyl (C=O) groups excluding carboxylic acids is 2. The highest BCUT2D eigenvalue weighted by Gasteiger charge is 2.26.